The number of hydrogen-bond acceptors (Lipinski definition) is 5. The van der Waals surface area contributed by atoms with Gasteiger partial charge in [0.1, 0.15) is 0 Å². The SMILES string of the molecule is CN(Cc1ccccc1)C(=O)NCCC(=O)NCC1(N2CCOCC2)CCSC1. The van der Waals surface area contributed by atoms with E-state index in [0.717, 1.165) is 49.8 Å². The largest absolute Gasteiger partial charge is 0.379 e. The number of thioether (sulfide) groups is 1. The minimum atomic E-state index is -0.168. The van der Waals surface area contributed by atoms with Gasteiger partial charge in [0.2, 0.25) is 5.91 Å². The molecule has 2 saturated heterocycles. The average molecular weight is 421 g/mol. The zero-order valence-electron chi connectivity index (χ0n) is 17.2. The summed E-state index contributed by atoms with van der Waals surface area (Å²) in [6, 6.07) is 9.68. The van der Waals surface area contributed by atoms with Crippen LogP contribution in [-0.4, -0.2) is 85.2 Å². The maximum Gasteiger partial charge on any atom is 0.317 e. The van der Waals surface area contributed by atoms with Crippen molar-refractivity contribution in [1.82, 2.24) is 20.4 Å². The maximum absolute atomic E-state index is 12.3. The second kappa shape index (κ2) is 10.8. The van der Waals surface area contributed by atoms with E-state index in [4.69, 9.17) is 4.74 Å². The van der Waals surface area contributed by atoms with Gasteiger partial charge in [0.15, 0.2) is 0 Å². The zero-order valence-corrected chi connectivity index (χ0v) is 18.0. The van der Waals surface area contributed by atoms with Crippen molar-refractivity contribution in [1.29, 1.82) is 0 Å². The molecule has 2 aliphatic heterocycles. The van der Waals surface area contributed by atoms with Gasteiger partial charge in [-0.2, -0.15) is 11.8 Å². The summed E-state index contributed by atoms with van der Waals surface area (Å²) in [6.45, 7) is 4.94. The number of benzene rings is 1. The average Bonchev–Trinajstić information content (AvgIpc) is 3.24. The molecule has 1 unspecified atom stereocenters. The summed E-state index contributed by atoms with van der Waals surface area (Å²) < 4.78 is 5.48. The first-order chi connectivity index (χ1) is 14.1. The second-order valence-corrected chi connectivity index (χ2v) is 8.83. The van der Waals surface area contributed by atoms with Crippen LogP contribution in [-0.2, 0) is 16.1 Å². The van der Waals surface area contributed by atoms with Crippen LogP contribution in [0, 0.1) is 0 Å². The predicted octanol–water partition coefficient (Wildman–Crippen LogP) is 1.54. The molecule has 2 fully saturated rings. The van der Waals surface area contributed by atoms with Crippen molar-refractivity contribution in [3.05, 3.63) is 35.9 Å². The molecule has 0 spiro atoms. The Hall–Kier alpha value is -1.77. The number of nitrogens with zero attached hydrogens (tertiary/aromatic N) is 2. The highest BCUT2D eigenvalue weighted by Gasteiger charge is 2.40. The third kappa shape index (κ3) is 6.35. The van der Waals surface area contributed by atoms with Gasteiger partial charge in [0, 0.05) is 57.5 Å². The Morgan fingerprint density at radius 2 is 1.97 bits per heavy atom. The molecular weight excluding hydrogens is 388 g/mol. The fraction of sp³-hybridized carbons (Fsp3) is 0.619. The number of urea groups is 1. The Balaban J connectivity index is 1.37. The third-order valence-electron chi connectivity index (χ3n) is 5.62. The molecule has 0 radical (unpaired) electrons. The van der Waals surface area contributed by atoms with Crippen LogP contribution in [0.5, 0.6) is 0 Å². The fourth-order valence-corrected chi connectivity index (χ4v) is 5.31. The molecule has 0 bridgehead atoms. The first-order valence-corrected chi connectivity index (χ1v) is 11.4. The molecule has 0 aromatic heterocycles. The van der Waals surface area contributed by atoms with E-state index in [9.17, 15) is 9.59 Å². The van der Waals surface area contributed by atoms with E-state index in [-0.39, 0.29) is 23.9 Å². The third-order valence-corrected chi connectivity index (χ3v) is 6.85. The lowest BCUT2D eigenvalue weighted by Crippen LogP contribution is -2.59. The summed E-state index contributed by atoms with van der Waals surface area (Å²) in [5.41, 5.74) is 1.12. The first-order valence-electron chi connectivity index (χ1n) is 10.3. The van der Waals surface area contributed by atoms with Crippen LogP contribution < -0.4 is 10.6 Å². The number of carbonyl (C=O) groups excluding carboxylic acids is 2. The summed E-state index contributed by atoms with van der Waals surface area (Å²) in [5, 5.41) is 5.94. The maximum atomic E-state index is 12.3. The topological polar surface area (TPSA) is 73.9 Å². The van der Waals surface area contributed by atoms with E-state index in [0.29, 0.717) is 19.6 Å². The Bertz CT molecular complexity index is 661. The summed E-state index contributed by atoms with van der Waals surface area (Å²) >= 11 is 1.96. The molecule has 1 atom stereocenters. The molecule has 1 aromatic rings. The lowest BCUT2D eigenvalue weighted by molar-refractivity contribution is -0.121. The molecular formula is C21H32N4O3S. The van der Waals surface area contributed by atoms with Crippen LogP contribution >= 0.6 is 11.8 Å². The van der Waals surface area contributed by atoms with Crippen molar-refractivity contribution in [3.8, 4) is 0 Å². The van der Waals surface area contributed by atoms with Crippen LogP contribution in [0.3, 0.4) is 0 Å². The molecule has 160 valence electrons. The minimum Gasteiger partial charge on any atom is -0.379 e. The lowest BCUT2D eigenvalue weighted by Gasteiger charge is -2.43. The van der Waals surface area contributed by atoms with E-state index in [1.54, 1.807) is 11.9 Å². The summed E-state index contributed by atoms with van der Waals surface area (Å²) in [6.07, 6.45) is 1.39. The summed E-state index contributed by atoms with van der Waals surface area (Å²) in [5.74, 6) is 2.17. The fourth-order valence-electron chi connectivity index (χ4n) is 3.83. The minimum absolute atomic E-state index is 0.0134. The number of carbonyl (C=O) groups is 2. The number of rotatable bonds is 8. The van der Waals surface area contributed by atoms with Gasteiger partial charge in [0.25, 0.3) is 0 Å². The number of hydrogen-bond donors (Lipinski definition) is 2. The van der Waals surface area contributed by atoms with E-state index < -0.39 is 0 Å². The molecule has 3 amide bonds. The molecule has 2 N–H and O–H groups in total. The zero-order chi connectivity index (χ0) is 20.5. The molecule has 1 aromatic carbocycles. The van der Waals surface area contributed by atoms with Crippen molar-refractivity contribution in [2.75, 3.05) is 57.9 Å². The Kier molecular flexibility index (Phi) is 8.20. The van der Waals surface area contributed by atoms with Crippen molar-refractivity contribution in [2.24, 2.45) is 0 Å². The molecule has 0 saturated carbocycles. The summed E-state index contributed by atoms with van der Waals surface area (Å²) in [4.78, 5) is 28.7. The van der Waals surface area contributed by atoms with Crippen molar-refractivity contribution in [2.45, 2.75) is 24.9 Å². The Labute approximate surface area is 177 Å². The summed E-state index contributed by atoms with van der Waals surface area (Å²) in [7, 11) is 1.76. The molecule has 29 heavy (non-hydrogen) atoms. The van der Waals surface area contributed by atoms with E-state index in [1.165, 1.54) is 0 Å². The van der Waals surface area contributed by atoms with Gasteiger partial charge in [-0.3, -0.25) is 9.69 Å². The first kappa shape index (κ1) is 21.9. The number of morpholine rings is 1. The van der Waals surface area contributed by atoms with Gasteiger partial charge in [0.05, 0.1) is 13.2 Å². The predicted molar refractivity (Wildman–Crippen MR) is 116 cm³/mol. The van der Waals surface area contributed by atoms with Gasteiger partial charge in [-0.25, -0.2) is 4.79 Å². The van der Waals surface area contributed by atoms with Crippen molar-refractivity contribution in [3.63, 3.8) is 0 Å². The normalized spacial score (nSPS) is 22.2. The van der Waals surface area contributed by atoms with Gasteiger partial charge >= 0.3 is 6.03 Å². The van der Waals surface area contributed by atoms with Crippen LogP contribution in [0.1, 0.15) is 18.4 Å². The van der Waals surface area contributed by atoms with Gasteiger partial charge < -0.3 is 20.3 Å². The molecule has 7 nitrogen and oxygen atoms in total. The second-order valence-electron chi connectivity index (χ2n) is 7.73. The highest BCUT2D eigenvalue weighted by Crippen LogP contribution is 2.33. The number of ether oxygens (including phenoxy) is 1. The van der Waals surface area contributed by atoms with Crippen LogP contribution in [0.15, 0.2) is 30.3 Å². The molecule has 2 aliphatic rings. The quantitative estimate of drug-likeness (QED) is 0.667. The van der Waals surface area contributed by atoms with Crippen molar-refractivity contribution < 1.29 is 14.3 Å². The Morgan fingerprint density at radius 1 is 1.21 bits per heavy atom. The van der Waals surface area contributed by atoms with Gasteiger partial charge in [-0.15, -0.1) is 0 Å². The van der Waals surface area contributed by atoms with Gasteiger partial charge in [-0.05, 0) is 17.7 Å². The van der Waals surface area contributed by atoms with Crippen LogP contribution in [0.2, 0.25) is 0 Å². The highest BCUT2D eigenvalue weighted by atomic mass is 32.2. The number of nitrogens with one attached hydrogen (secondary N) is 2. The van der Waals surface area contributed by atoms with Crippen LogP contribution in [0.25, 0.3) is 0 Å². The van der Waals surface area contributed by atoms with E-state index in [1.807, 2.05) is 42.1 Å². The van der Waals surface area contributed by atoms with Crippen LogP contribution in [0.4, 0.5) is 4.79 Å². The van der Waals surface area contributed by atoms with E-state index in [2.05, 4.69) is 15.5 Å². The molecule has 3 rings (SSSR count). The smallest absolute Gasteiger partial charge is 0.317 e. The van der Waals surface area contributed by atoms with E-state index >= 15 is 0 Å². The highest BCUT2D eigenvalue weighted by molar-refractivity contribution is 7.99. The Morgan fingerprint density at radius 3 is 2.66 bits per heavy atom. The standard InChI is InChI=1S/C21H32N4O3S/c1-24(15-18-5-3-2-4-6-18)20(27)22-9-7-19(26)23-16-21(8-14-29-17-21)25-10-12-28-13-11-25/h2-6H,7-17H2,1H3,(H,22,27)(H,23,26). The number of amides is 3. The lowest BCUT2D eigenvalue weighted by atomic mass is 9.95. The molecule has 0 aliphatic carbocycles. The molecule has 8 heteroatoms. The van der Waals surface area contributed by atoms with Gasteiger partial charge in [-0.1, -0.05) is 30.3 Å². The monoisotopic (exact) mass is 420 g/mol. The molecule has 2 heterocycles. The van der Waals surface area contributed by atoms with Crippen molar-refractivity contribution >= 4 is 23.7 Å².